The summed E-state index contributed by atoms with van der Waals surface area (Å²) in [6.07, 6.45) is 7.76. The van der Waals surface area contributed by atoms with Gasteiger partial charge >= 0.3 is 0 Å². The fourth-order valence-corrected chi connectivity index (χ4v) is 4.20. The van der Waals surface area contributed by atoms with E-state index in [2.05, 4.69) is 30.9 Å². The van der Waals surface area contributed by atoms with Crippen LogP contribution >= 0.6 is 0 Å². The maximum atomic E-state index is 14.5. The Hall–Kier alpha value is -3.89. The zero-order chi connectivity index (χ0) is 24.2. The van der Waals surface area contributed by atoms with Gasteiger partial charge in [-0.2, -0.15) is 0 Å². The smallest absolute Gasteiger partial charge is 0.267 e. The number of hydrogen-bond donors (Lipinski definition) is 5. The molecule has 8 nitrogen and oxygen atoms in total. The third-order valence-electron chi connectivity index (χ3n) is 5.81. The van der Waals surface area contributed by atoms with Gasteiger partial charge in [-0.1, -0.05) is 0 Å². The van der Waals surface area contributed by atoms with Crippen LogP contribution in [0.3, 0.4) is 0 Å². The van der Waals surface area contributed by atoms with E-state index in [0.717, 1.165) is 37.7 Å². The van der Waals surface area contributed by atoms with E-state index in [1.165, 1.54) is 18.3 Å². The lowest BCUT2D eigenvalue weighted by Crippen LogP contribution is -2.43. The summed E-state index contributed by atoms with van der Waals surface area (Å²) in [5.41, 5.74) is 0.744. The summed E-state index contributed by atoms with van der Waals surface area (Å²) < 4.78 is 42.3. The van der Waals surface area contributed by atoms with Crippen LogP contribution in [-0.4, -0.2) is 46.2 Å². The maximum Gasteiger partial charge on any atom is 0.267 e. The summed E-state index contributed by atoms with van der Waals surface area (Å²) in [5, 5.41) is 16.2. The zero-order valence-corrected chi connectivity index (χ0v) is 18.4. The van der Waals surface area contributed by atoms with Crippen molar-refractivity contribution in [2.45, 2.75) is 37.8 Å². The number of aromatic amines is 1. The Morgan fingerprint density at radius 2 is 2.00 bits per heavy atom. The van der Waals surface area contributed by atoms with Crippen molar-refractivity contribution in [3.8, 4) is 11.4 Å². The Morgan fingerprint density at radius 3 is 2.76 bits per heavy atom. The number of aromatic nitrogens is 3. The molecule has 0 saturated heterocycles. The lowest BCUT2D eigenvalue weighted by molar-refractivity contribution is -0.118. The van der Waals surface area contributed by atoms with Gasteiger partial charge in [0, 0.05) is 48.6 Å². The van der Waals surface area contributed by atoms with Gasteiger partial charge in [-0.3, -0.25) is 4.79 Å². The number of nitrogens with zero attached hydrogens (tertiary/aromatic N) is 2. The zero-order valence-electron chi connectivity index (χ0n) is 18.4. The molecule has 4 rings (SSSR count). The van der Waals surface area contributed by atoms with Crippen molar-refractivity contribution >= 4 is 28.8 Å². The highest BCUT2D eigenvalue weighted by molar-refractivity contribution is 5.96. The first-order valence-corrected chi connectivity index (χ1v) is 10.8. The van der Waals surface area contributed by atoms with E-state index in [-0.39, 0.29) is 46.2 Å². The largest absolute Gasteiger partial charge is 0.384 e. The predicted molar refractivity (Wildman–Crippen MR) is 123 cm³/mol. The minimum atomic E-state index is -0.742. The molecule has 3 aromatic rings. The molecular formula is C23H24F3N7O. The fraction of sp³-hybridized carbons (Fsp3) is 0.304. The van der Waals surface area contributed by atoms with Crippen molar-refractivity contribution in [2.24, 2.45) is 0 Å². The van der Waals surface area contributed by atoms with Crippen LogP contribution in [0, 0.1) is 22.9 Å². The molecular weight excluding hydrogens is 447 g/mol. The van der Waals surface area contributed by atoms with Gasteiger partial charge < -0.3 is 26.3 Å². The number of fused-ring (bicyclic) bond motifs is 1. The van der Waals surface area contributed by atoms with E-state index in [4.69, 9.17) is 5.41 Å². The van der Waals surface area contributed by atoms with Gasteiger partial charge in [-0.25, -0.2) is 23.1 Å². The molecule has 5 N–H and O–H groups in total. The monoisotopic (exact) mass is 471 g/mol. The van der Waals surface area contributed by atoms with Crippen LogP contribution < -0.4 is 16.0 Å². The Balaban J connectivity index is 1.51. The number of rotatable bonds is 7. The first-order chi connectivity index (χ1) is 16.4. The van der Waals surface area contributed by atoms with Gasteiger partial charge in [-0.05, 0) is 37.8 Å². The van der Waals surface area contributed by atoms with E-state index in [1.807, 2.05) is 0 Å². The van der Waals surface area contributed by atoms with Gasteiger partial charge in [0.25, 0.3) is 5.91 Å². The van der Waals surface area contributed by atoms with Crippen LogP contribution in [0.1, 0.15) is 25.7 Å². The Kier molecular flexibility index (Phi) is 6.80. The number of amides is 1. The summed E-state index contributed by atoms with van der Waals surface area (Å²) in [5.74, 6) is -2.35. The van der Waals surface area contributed by atoms with E-state index >= 15 is 0 Å². The average Bonchev–Trinajstić information content (AvgIpc) is 3.23. The molecule has 0 unspecified atom stereocenters. The molecule has 11 heteroatoms. The van der Waals surface area contributed by atoms with Gasteiger partial charge in [0.1, 0.15) is 17.3 Å². The molecule has 178 valence electrons. The van der Waals surface area contributed by atoms with E-state index < -0.39 is 17.5 Å². The standard InChI is InChI=1S/C23H24F3N7O/c1-28-19(5-6-27)23(34)32-14-4-2-3-13(9-14)31-22-18(26)11-30-21(33-22)16-10-29-20-15(16)7-12(24)8-17(20)25/h5-8,10-11,13-14,27-29H,2-4,9H2,1H3,(H,32,34)(H,30,31,33)/b19-5-,27-6?/t13-,14+/m0/s1. The van der Waals surface area contributed by atoms with Gasteiger partial charge in [-0.15, -0.1) is 0 Å². The predicted octanol–water partition coefficient (Wildman–Crippen LogP) is 3.63. The van der Waals surface area contributed by atoms with Crippen LogP contribution in [0.5, 0.6) is 0 Å². The lowest BCUT2D eigenvalue weighted by atomic mass is 9.91. The summed E-state index contributed by atoms with van der Waals surface area (Å²) in [6, 6.07) is 1.66. The SMILES string of the molecule is CN/C(=C\C=N)C(=O)N[C@@H]1CCC[C@H](Nc2nc(-c3c[nH]c4c(F)cc(F)cc34)ncc2F)C1. The average molecular weight is 471 g/mol. The van der Waals surface area contributed by atoms with Gasteiger partial charge in [0.15, 0.2) is 17.5 Å². The molecule has 34 heavy (non-hydrogen) atoms. The molecule has 0 aliphatic heterocycles. The Morgan fingerprint density at radius 1 is 1.21 bits per heavy atom. The fourth-order valence-electron chi connectivity index (χ4n) is 4.20. The molecule has 0 radical (unpaired) electrons. The molecule has 1 aliphatic carbocycles. The van der Waals surface area contributed by atoms with Crippen LogP contribution in [0.15, 0.2) is 36.3 Å². The quantitative estimate of drug-likeness (QED) is 0.266. The number of allylic oxidation sites excluding steroid dienone is 1. The van der Waals surface area contributed by atoms with Crippen molar-refractivity contribution in [3.63, 3.8) is 0 Å². The number of carbonyl (C=O) groups excluding carboxylic acids is 1. The number of benzene rings is 1. The summed E-state index contributed by atoms with van der Waals surface area (Å²) in [6.45, 7) is 0. The van der Waals surface area contributed by atoms with Crippen LogP contribution in [0.2, 0.25) is 0 Å². The minimum absolute atomic E-state index is 0.0205. The summed E-state index contributed by atoms with van der Waals surface area (Å²) in [7, 11) is 1.60. The normalized spacial score (nSPS) is 18.5. The maximum absolute atomic E-state index is 14.5. The molecule has 1 fully saturated rings. The molecule has 1 amide bonds. The summed E-state index contributed by atoms with van der Waals surface area (Å²) >= 11 is 0. The molecule has 2 aromatic heterocycles. The third-order valence-corrected chi connectivity index (χ3v) is 5.81. The third kappa shape index (κ3) is 4.87. The Bertz CT molecular complexity index is 1260. The number of halogens is 3. The number of carbonyl (C=O) groups is 1. The van der Waals surface area contributed by atoms with Crippen molar-refractivity contribution < 1.29 is 18.0 Å². The van der Waals surface area contributed by atoms with Gasteiger partial charge in [0.05, 0.1) is 11.7 Å². The second-order valence-electron chi connectivity index (χ2n) is 8.08. The number of likely N-dealkylation sites (N-methyl/N-ethyl adjacent to an activating group) is 1. The molecule has 1 saturated carbocycles. The number of nitrogens with one attached hydrogen (secondary N) is 5. The van der Waals surface area contributed by atoms with Crippen molar-refractivity contribution in [1.29, 1.82) is 5.41 Å². The number of H-pyrrole nitrogens is 1. The van der Waals surface area contributed by atoms with E-state index in [0.29, 0.717) is 12.0 Å². The molecule has 1 aliphatic rings. The lowest BCUT2D eigenvalue weighted by Gasteiger charge is -2.31. The molecule has 0 spiro atoms. The van der Waals surface area contributed by atoms with Crippen molar-refractivity contribution in [2.75, 3.05) is 12.4 Å². The number of hydrogen-bond acceptors (Lipinski definition) is 6. The van der Waals surface area contributed by atoms with Crippen molar-refractivity contribution in [1.82, 2.24) is 25.6 Å². The first kappa shape index (κ1) is 23.3. The van der Waals surface area contributed by atoms with Crippen LogP contribution in [0.4, 0.5) is 19.0 Å². The Labute approximate surface area is 193 Å². The molecule has 2 atom stereocenters. The van der Waals surface area contributed by atoms with Crippen molar-refractivity contribution in [3.05, 3.63) is 53.8 Å². The van der Waals surface area contributed by atoms with Gasteiger partial charge in [0.2, 0.25) is 0 Å². The van der Waals surface area contributed by atoms with E-state index in [9.17, 15) is 18.0 Å². The topological polar surface area (TPSA) is 119 Å². The second-order valence-corrected chi connectivity index (χ2v) is 8.08. The minimum Gasteiger partial charge on any atom is -0.384 e. The van der Waals surface area contributed by atoms with E-state index in [1.54, 1.807) is 7.05 Å². The second kappa shape index (κ2) is 9.94. The highest BCUT2D eigenvalue weighted by Crippen LogP contribution is 2.30. The first-order valence-electron chi connectivity index (χ1n) is 10.8. The number of anilines is 1. The highest BCUT2D eigenvalue weighted by atomic mass is 19.1. The highest BCUT2D eigenvalue weighted by Gasteiger charge is 2.25. The molecule has 2 heterocycles. The molecule has 1 aromatic carbocycles. The molecule has 0 bridgehead atoms. The van der Waals surface area contributed by atoms with Crippen LogP contribution in [-0.2, 0) is 4.79 Å². The summed E-state index contributed by atoms with van der Waals surface area (Å²) in [4.78, 5) is 23.4. The van der Waals surface area contributed by atoms with Crippen LogP contribution in [0.25, 0.3) is 22.3 Å².